The normalized spacial score (nSPS) is 10.4. The molecule has 0 radical (unpaired) electrons. The molecule has 0 fully saturated rings. The summed E-state index contributed by atoms with van der Waals surface area (Å²) >= 11 is 0. The lowest BCUT2D eigenvalue weighted by atomic mass is 10.2. The highest BCUT2D eigenvalue weighted by Crippen LogP contribution is 2.25. The maximum Gasteiger partial charge on any atom is 0.218 e. The molecule has 1 aromatic carbocycles. The monoisotopic (exact) mass is 286 g/mol. The topological polar surface area (TPSA) is 64.3 Å². The number of rotatable bonds is 8. The van der Waals surface area contributed by atoms with Crippen molar-refractivity contribution in [2.45, 2.75) is 19.8 Å². The summed E-state index contributed by atoms with van der Waals surface area (Å²) in [5, 5.41) is 0. The number of nitrogens with zero attached hydrogens (tertiary/aromatic N) is 3. The molecule has 0 unspecified atom stereocenters. The van der Waals surface area contributed by atoms with Crippen molar-refractivity contribution in [2.24, 2.45) is 5.73 Å². The maximum atomic E-state index is 5.64. The smallest absolute Gasteiger partial charge is 0.218 e. The Morgan fingerprint density at radius 3 is 2.71 bits per heavy atom. The molecule has 2 N–H and O–H groups in total. The summed E-state index contributed by atoms with van der Waals surface area (Å²) in [5.41, 5.74) is 6.73. The number of nitrogens with two attached hydrogens (primary N) is 1. The molecule has 1 heterocycles. The summed E-state index contributed by atoms with van der Waals surface area (Å²) in [6.07, 6.45) is 3.39. The number of ether oxygens (including phenoxy) is 1. The average Bonchev–Trinajstić information content (AvgIpc) is 2.55. The molecule has 21 heavy (non-hydrogen) atoms. The quantitative estimate of drug-likeness (QED) is 0.808. The zero-order valence-corrected chi connectivity index (χ0v) is 12.4. The Bertz CT molecular complexity index is 533. The average molecular weight is 286 g/mol. The Morgan fingerprint density at radius 1 is 1.19 bits per heavy atom. The molecule has 0 saturated heterocycles. The van der Waals surface area contributed by atoms with Gasteiger partial charge in [-0.05, 0) is 31.5 Å². The largest absolute Gasteiger partial charge is 0.478 e. The van der Waals surface area contributed by atoms with Gasteiger partial charge in [-0.1, -0.05) is 25.1 Å². The first kappa shape index (κ1) is 15.3. The lowest BCUT2D eigenvalue weighted by Crippen LogP contribution is -2.22. The third-order valence-corrected chi connectivity index (χ3v) is 3.01. The summed E-state index contributed by atoms with van der Waals surface area (Å²) < 4.78 is 5.58. The summed E-state index contributed by atoms with van der Waals surface area (Å²) in [7, 11) is 0. The first-order valence-corrected chi connectivity index (χ1v) is 7.32. The minimum atomic E-state index is 0.607. The van der Waals surface area contributed by atoms with E-state index in [1.54, 1.807) is 6.33 Å². The fourth-order valence-electron chi connectivity index (χ4n) is 2.00. The number of hydrogen-bond acceptors (Lipinski definition) is 5. The fraction of sp³-hybridized carbons (Fsp3) is 0.375. The minimum Gasteiger partial charge on any atom is -0.478 e. The van der Waals surface area contributed by atoms with Crippen LogP contribution in [0.4, 0.5) is 11.5 Å². The van der Waals surface area contributed by atoms with Crippen LogP contribution in [0, 0.1) is 0 Å². The van der Waals surface area contributed by atoms with Crippen molar-refractivity contribution in [3.05, 3.63) is 42.7 Å². The van der Waals surface area contributed by atoms with E-state index in [0.717, 1.165) is 30.9 Å². The summed E-state index contributed by atoms with van der Waals surface area (Å²) in [6.45, 7) is 4.18. The van der Waals surface area contributed by atoms with Crippen molar-refractivity contribution >= 4 is 11.5 Å². The first-order valence-electron chi connectivity index (χ1n) is 7.32. The predicted octanol–water partition coefficient (Wildman–Crippen LogP) is 2.75. The lowest BCUT2D eigenvalue weighted by Gasteiger charge is -2.23. The van der Waals surface area contributed by atoms with Crippen LogP contribution in [0.15, 0.2) is 42.7 Å². The Hall–Kier alpha value is -2.14. The lowest BCUT2D eigenvalue weighted by molar-refractivity contribution is 0.305. The summed E-state index contributed by atoms with van der Waals surface area (Å²) in [6, 6.07) is 12.0. The van der Waals surface area contributed by atoms with E-state index in [2.05, 4.69) is 33.9 Å². The highest BCUT2D eigenvalue weighted by molar-refractivity contribution is 5.60. The Balaban J connectivity index is 2.23. The van der Waals surface area contributed by atoms with Gasteiger partial charge in [0.1, 0.15) is 12.1 Å². The maximum absolute atomic E-state index is 5.64. The molecule has 2 rings (SSSR count). The third-order valence-electron chi connectivity index (χ3n) is 3.01. The van der Waals surface area contributed by atoms with Gasteiger partial charge in [-0.25, -0.2) is 9.97 Å². The van der Waals surface area contributed by atoms with Crippen LogP contribution in [0.5, 0.6) is 5.88 Å². The highest BCUT2D eigenvalue weighted by atomic mass is 16.5. The van der Waals surface area contributed by atoms with Gasteiger partial charge in [-0.15, -0.1) is 0 Å². The van der Waals surface area contributed by atoms with E-state index >= 15 is 0 Å². The van der Waals surface area contributed by atoms with Gasteiger partial charge in [0.25, 0.3) is 0 Å². The zero-order chi connectivity index (χ0) is 14.9. The standard InChI is InChI=1S/C16H22N4O/c1-2-11-21-16-12-15(18-13-19-16)20(10-6-9-17)14-7-4-3-5-8-14/h3-5,7-8,12-13H,2,6,9-11,17H2,1H3. The number of anilines is 2. The Kier molecular flexibility index (Phi) is 5.97. The molecular formula is C16H22N4O. The molecule has 0 atom stereocenters. The molecule has 0 aliphatic rings. The van der Waals surface area contributed by atoms with E-state index in [-0.39, 0.29) is 0 Å². The summed E-state index contributed by atoms with van der Waals surface area (Å²) in [5.74, 6) is 1.44. The van der Waals surface area contributed by atoms with E-state index in [4.69, 9.17) is 10.5 Å². The van der Waals surface area contributed by atoms with Crippen LogP contribution >= 0.6 is 0 Å². The zero-order valence-electron chi connectivity index (χ0n) is 12.4. The number of para-hydroxylation sites is 1. The molecule has 5 heteroatoms. The van der Waals surface area contributed by atoms with Crippen LogP contribution in [0.3, 0.4) is 0 Å². The van der Waals surface area contributed by atoms with Gasteiger partial charge in [0.05, 0.1) is 6.61 Å². The van der Waals surface area contributed by atoms with Gasteiger partial charge in [0.2, 0.25) is 5.88 Å². The molecule has 0 spiro atoms. The molecule has 0 saturated carbocycles. The number of hydrogen-bond donors (Lipinski definition) is 1. The van der Waals surface area contributed by atoms with Crippen molar-refractivity contribution in [1.82, 2.24) is 9.97 Å². The van der Waals surface area contributed by atoms with E-state index < -0.39 is 0 Å². The second-order valence-corrected chi connectivity index (χ2v) is 4.69. The van der Waals surface area contributed by atoms with Gasteiger partial charge < -0.3 is 15.4 Å². The summed E-state index contributed by atoms with van der Waals surface area (Å²) in [4.78, 5) is 10.7. The minimum absolute atomic E-state index is 0.607. The molecule has 1 aromatic heterocycles. The molecule has 0 aliphatic heterocycles. The van der Waals surface area contributed by atoms with Crippen molar-refractivity contribution in [3.8, 4) is 5.88 Å². The van der Waals surface area contributed by atoms with Crippen molar-refractivity contribution in [3.63, 3.8) is 0 Å². The van der Waals surface area contributed by atoms with Crippen LogP contribution in [0.1, 0.15) is 19.8 Å². The van der Waals surface area contributed by atoms with Crippen molar-refractivity contribution in [2.75, 3.05) is 24.6 Å². The molecule has 2 aromatic rings. The van der Waals surface area contributed by atoms with Crippen LogP contribution in [0.2, 0.25) is 0 Å². The van der Waals surface area contributed by atoms with Crippen molar-refractivity contribution in [1.29, 1.82) is 0 Å². The molecular weight excluding hydrogens is 264 g/mol. The number of benzene rings is 1. The van der Waals surface area contributed by atoms with Gasteiger partial charge in [-0.3, -0.25) is 0 Å². The van der Waals surface area contributed by atoms with Crippen LogP contribution in [0.25, 0.3) is 0 Å². The van der Waals surface area contributed by atoms with E-state index in [0.29, 0.717) is 19.0 Å². The SMILES string of the molecule is CCCOc1cc(N(CCCN)c2ccccc2)ncn1. The van der Waals surface area contributed by atoms with E-state index in [9.17, 15) is 0 Å². The molecule has 0 aliphatic carbocycles. The molecule has 5 nitrogen and oxygen atoms in total. The van der Waals surface area contributed by atoms with E-state index in [1.165, 1.54) is 0 Å². The first-order chi connectivity index (χ1) is 10.3. The molecule has 0 bridgehead atoms. The van der Waals surface area contributed by atoms with Crippen molar-refractivity contribution < 1.29 is 4.74 Å². The number of aromatic nitrogens is 2. The Morgan fingerprint density at radius 2 is 2.00 bits per heavy atom. The van der Waals surface area contributed by atoms with Crippen LogP contribution < -0.4 is 15.4 Å². The van der Waals surface area contributed by atoms with Gasteiger partial charge in [0, 0.05) is 18.3 Å². The Labute approximate surface area is 125 Å². The third kappa shape index (κ3) is 4.43. The second-order valence-electron chi connectivity index (χ2n) is 4.69. The predicted molar refractivity (Wildman–Crippen MR) is 84.9 cm³/mol. The van der Waals surface area contributed by atoms with Crippen LogP contribution in [-0.4, -0.2) is 29.7 Å². The highest BCUT2D eigenvalue weighted by Gasteiger charge is 2.11. The van der Waals surface area contributed by atoms with E-state index in [1.807, 2.05) is 24.3 Å². The van der Waals surface area contributed by atoms with Crippen LogP contribution in [-0.2, 0) is 0 Å². The molecule has 0 amide bonds. The fourth-order valence-corrected chi connectivity index (χ4v) is 2.00. The molecule has 112 valence electrons. The van der Waals surface area contributed by atoms with Gasteiger partial charge in [0.15, 0.2) is 0 Å². The van der Waals surface area contributed by atoms with Gasteiger partial charge in [-0.2, -0.15) is 0 Å². The van der Waals surface area contributed by atoms with Gasteiger partial charge >= 0.3 is 0 Å². The second kappa shape index (κ2) is 8.21.